The normalized spacial score (nSPS) is 15.4. The Morgan fingerprint density at radius 3 is 2.50 bits per heavy atom. The van der Waals surface area contributed by atoms with Crippen LogP contribution in [0.15, 0.2) is 41.5 Å². The van der Waals surface area contributed by atoms with Crippen LogP contribution in [0, 0.1) is 0 Å². The molecule has 1 N–H and O–H groups in total. The van der Waals surface area contributed by atoms with E-state index in [0.29, 0.717) is 0 Å². The second-order valence-electron chi connectivity index (χ2n) is 3.40. The predicted molar refractivity (Wildman–Crippen MR) is 59.1 cm³/mol. The molecule has 0 unspecified atom stereocenters. The van der Waals surface area contributed by atoms with Crippen molar-refractivity contribution in [1.82, 2.24) is 0 Å². The molecule has 80 valence electrons. The Bertz CT molecular complexity index is 500. The van der Waals surface area contributed by atoms with Gasteiger partial charge in [-0.15, -0.1) is 0 Å². The van der Waals surface area contributed by atoms with E-state index in [-0.39, 0.29) is 12.1 Å². The summed E-state index contributed by atoms with van der Waals surface area (Å²) in [6.07, 6.45) is 1.54. The zero-order chi connectivity index (χ0) is 11.5. The van der Waals surface area contributed by atoms with Gasteiger partial charge in [0, 0.05) is 12.6 Å². The fourth-order valence-electron chi connectivity index (χ4n) is 1.52. The third-order valence-corrected chi connectivity index (χ3v) is 2.31. The van der Waals surface area contributed by atoms with Crippen LogP contribution < -0.4 is 0 Å². The Morgan fingerprint density at radius 1 is 1.25 bits per heavy atom. The summed E-state index contributed by atoms with van der Waals surface area (Å²) >= 11 is 0. The van der Waals surface area contributed by atoms with Gasteiger partial charge in [-0.1, -0.05) is 30.3 Å². The van der Waals surface area contributed by atoms with Crippen LogP contribution in [0.2, 0.25) is 0 Å². The molecule has 2 rings (SSSR count). The molecule has 1 aromatic rings. The van der Waals surface area contributed by atoms with Crippen molar-refractivity contribution in [2.45, 2.75) is 6.42 Å². The molecule has 0 aromatic heterocycles. The first kappa shape index (κ1) is 10.3. The molecule has 0 atom stereocenters. The van der Waals surface area contributed by atoms with Gasteiger partial charge in [-0.05, 0) is 11.1 Å². The van der Waals surface area contributed by atoms with Gasteiger partial charge in [-0.25, -0.2) is 9.79 Å². The summed E-state index contributed by atoms with van der Waals surface area (Å²) in [6.45, 7) is 0. The maximum absolute atomic E-state index is 11.5. The van der Waals surface area contributed by atoms with Gasteiger partial charge in [0.15, 0.2) is 11.5 Å². The van der Waals surface area contributed by atoms with Crippen LogP contribution in [-0.2, 0) is 9.59 Å². The Hall–Kier alpha value is -2.23. The standard InChI is InChI=1S/C12H9NO3/c14-10-6-9(7-13-11(10)12(15)16)8-4-2-1-3-5-8/h1-5,7H,6H2,(H,15,16). The first-order valence-corrected chi connectivity index (χ1v) is 4.77. The Morgan fingerprint density at radius 2 is 1.94 bits per heavy atom. The van der Waals surface area contributed by atoms with Crippen LogP contribution in [-0.4, -0.2) is 22.6 Å². The fourth-order valence-corrected chi connectivity index (χ4v) is 1.52. The topological polar surface area (TPSA) is 66.7 Å². The molecular formula is C12H9NO3. The van der Waals surface area contributed by atoms with E-state index >= 15 is 0 Å². The van der Waals surface area contributed by atoms with E-state index in [1.165, 1.54) is 6.20 Å². The van der Waals surface area contributed by atoms with Crippen molar-refractivity contribution in [3.05, 3.63) is 42.1 Å². The molecule has 4 heteroatoms. The maximum atomic E-state index is 11.5. The maximum Gasteiger partial charge on any atom is 0.358 e. The minimum absolute atomic E-state index is 0.0924. The van der Waals surface area contributed by atoms with Crippen molar-refractivity contribution >= 4 is 23.0 Å². The lowest BCUT2D eigenvalue weighted by atomic mass is 9.98. The summed E-state index contributed by atoms with van der Waals surface area (Å²) in [5, 5.41) is 8.68. The fraction of sp³-hybridized carbons (Fsp3) is 0.0833. The average molecular weight is 215 g/mol. The summed E-state index contributed by atoms with van der Waals surface area (Å²) in [5.41, 5.74) is 1.25. The first-order chi connectivity index (χ1) is 7.68. The molecule has 1 aliphatic rings. The lowest BCUT2D eigenvalue weighted by Crippen LogP contribution is -2.25. The van der Waals surface area contributed by atoms with E-state index < -0.39 is 11.8 Å². The van der Waals surface area contributed by atoms with Gasteiger partial charge >= 0.3 is 5.97 Å². The number of hydrogen-bond donors (Lipinski definition) is 1. The highest BCUT2D eigenvalue weighted by atomic mass is 16.4. The Labute approximate surface area is 91.9 Å². The molecular weight excluding hydrogens is 206 g/mol. The Balaban J connectivity index is 2.35. The number of carbonyl (C=O) groups is 2. The number of aliphatic imine (C=N–C) groups is 1. The van der Waals surface area contributed by atoms with Crippen molar-refractivity contribution in [1.29, 1.82) is 0 Å². The quantitative estimate of drug-likeness (QED) is 0.813. The third-order valence-electron chi connectivity index (χ3n) is 2.31. The van der Waals surface area contributed by atoms with Gasteiger partial charge in [0.05, 0.1) is 0 Å². The first-order valence-electron chi connectivity index (χ1n) is 4.77. The van der Waals surface area contributed by atoms with Crippen LogP contribution in [0.1, 0.15) is 12.0 Å². The number of ketones is 1. The van der Waals surface area contributed by atoms with Gasteiger partial charge in [-0.2, -0.15) is 0 Å². The molecule has 0 spiro atoms. The van der Waals surface area contributed by atoms with Crippen LogP contribution in [0.4, 0.5) is 0 Å². The summed E-state index contributed by atoms with van der Waals surface area (Å²) in [7, 11) is 0. The molecule has 0 bridgehead atoms. The number of carboxylic acids is 1. The minimum Gasteiger partial charge on any atom is -0.476 e. The number of carbonyl (C=O) groups excluding carboxylic acids is 1. The van der Waals surface area contributed by atoms with E-state index in [2.05, 4.69) is 4.99 Å². The van der Waals surface area contributed by atoms with Crippen molar-refractivity contribution in [2.75, 3.05) is 0 Å². The number of benzene rings is 1. The summed E-state index contributed by atoms with van der Waals surface area (Å²) in [5.74, 6) is -1.72. The van der Waals surface area contributed by atoms with Gasteiger partial charge in [0.25, 0.3) is 0 Å². The zero-order valence-electron chi connectivity index (χ0n) is 8.38. The van der Waals surface area contributed by atoms with Crippen LogP contribution >= 0.6 is 0 Å². The van der Waals surface area contributed by atoms with E-state index in [0.717, 1.165) is 11.1 Å². The highest BCUT2D eigenvalue weighted by molar-refractivity contribution is 6.65. The molecule has 1 aliphatic heterocycles. The lowest BCUT2D eigenvalue weighted by molar-refractivity contribution is -0.130. The van der Waals surface area contributed by atoms with E-state index in [1.807, 2.05) is 30.3 Å². The van der Waals surface area contributed by atoms with Crippen molar-refractivity contribution in [2.24, 2.45) is 4.99 Å². The molecule has 0 saturated heterocycles. The molecule has 0 aliphatic carbocycles. The van der Waals surface area contributed by atoms with Crippen molar-refractivity contribution in [3.63, 3.8) is 0 Å². The number of rotatable bonds is 2. The van der Waals surface area contributed by atoms with Gasteiger partial charge in [0.1, 0.15) is 0 Å². The summed E-state index contributed by atoms with van der Waals surface area (Å²) < 4.78 is 0. The second-order valence-corrected chi connectivity index (χ2v) is 3.40. The molecule has 0 radical (unpaired) electrons. The van der Waals surface area contributed by atoms with Crippen molar-refractivity contribution in [3.8, 4) is 0 Å². The SMILES string of the molecule is O=C(O)C1=NC=C(c2ccccc2)CC1=O. The van der Waals surface area contributed by atoms with Crippen LogP contribution in [0.3, 0.4) is 0 Å². The molecule has 0 amide bonds. The number of aliphatic carboxylic acids is 1. The Kier molecular flexibility index (Phi) is 2.64. The number of carboxylic acid groups (broad SMARTS) is 1. The predicted octanol–water partition coefficient (Wildman–Crippen LogP) is 1.53. The smallest absolute Gasteiger partial charge is 0.358 e. The summed E-state index contributed by atoms with van der Waals surface area (Å²) in [4.78, 5) is 25.8. The summed E-state index contributed by atoms with van der Waals surface area (Å²) in [6, 6.07) is 9.32. The number of hydrogen-bond acceptors (Lipinski definition) is 3. The van der Waals surface area contributed by atoms with Gasteiger partial charge in [0.2, 0.25) is 0 Å². The number of nitrogens with zero attached hydrogens (tertiary/aromatic N) is 1. The minimum atomic E-state index is -1.27. The largest absolute Gasteiger partial charge is 0.476 e. The van der Waals surface area contributed by atoms with E-state index in [4.69, 9.17) is 5.11 Å². The molecule has 1 aromatic carbocycles. The molecule has 1 heterocycles. The lowest BCUT2D eigenvalue weighted by Gasteiger charge is -2.10. The van der Waals surface area contributed by atoms with Gasteiger partial charge in [-0.3, -0.25) is 4.79 Å². The zero-order valence-corrected chi connectivity index (χ0v) is 8.38. The average Bonchev–Trinajstić information content (AvgIpc) is 2.29. The molecule has 0 saturated carbocycles. The second kappa shape index (κ2) is 4.10. The highest BCUT2D eigenvalue weighted by Crippen LogP contribution is 2.21. The van der Waals surface area contributed by atoms with Crippen LogP contribution in [0.25, 0.3) is 5.57 Å². The monoisotopic (exact) mass is 215 g/mol. The third kappa shape index (κ3) is 1.91. The van der Waals surface area contributed by atoms with E-state index in [1.54, 1.807) is 0 Å². The highest BCUT2D eigenvalue weighted by Gasteiger charge is 2.23. The van der Waals surface area contributed by atoms with Crippen molar-refractivity contribution < 1.29 is 14.7 Å². The number of Topliss-reactive ketones (excluding diaryl/α,β-unsaturated/α-hetero) is 1. The van der Waals surface area contributed by atoms with Crippen LogP contribution in [0.5, 0.6) is 0 Å². The van der Waals surface area contributed by atoms with Gasteiger partial charge < -0.3 is 5.11 Å². The number of allylic oxidation sites excluding steroid dienone is 1. The molecule has 16 heavy (non-hydrogen) atoms. The van der Waals surface area contributed by atoms with E-state index in [9.17, 15) is 9.59 Å². The molecule has 0 fully saturated rings. The molecule has 4 nitrogen and oxygen atoms in total.